The predicted molar refractivity (Wildman–Crippen MR) is 81.9 cm³/mol. The Labute approximate surface area is 135 Å². The van der Waals surface area contributed by atoms with Crippen LogP contribution in [0.15, 0.2) is 24.3 Å². The normalized spacial score (nSPS) is 9.90. The summed E-state index contributed by atoms with van der Waals surface area (Å²) in [6, 6.07) is 7.18. The molecular weight excluding hydrogens is 411 g/mol. The summed E-state index contributed by atoms with van der Waals surface area (Å²) in [5.74, 6) is -1.11. The summed E-state index contributed by atoms with van der Waals surface area (Å²) >= 11 is 2.69. The molecule has 0 unspecified atom stereocenters. The maximum Gasteiger partial charge on any atom is 0.345 e. The van der Waals surface area contributed by atoms with E-state index in [1.54, 1.807) is 0 Å². The van der Waals surface area contributed by atoms with Gasteiger partial charge in [0.25, 0.3) is 0 Å². The Morgan fingerprint density at radius 1 is 1.48 bits per heavy atom. The van der Waals surface area contributed by atoms with Gasteiger partial charge in [-0.25, -0.2) is 4.79 Å². The molecule has 0 aliphatic heterocycles. The Bertz CT molecular complexity index is 780. The second kappa shape index (κ2) is 6.06. The molecule has 1 aromatic carbocycles. The van der Waals surface area contributed by atoms with E-state index in [9.17, 15) is 14.9 Å². The van der Waals surface area contributed by atoms with Crippen LogP contribution in [0.4, 0.5) is 5.69 Å². The van der Waals surface area contributed by atoms with Crippen molar-refractivity contribution in [3.05, 3.63) is 48.4 Å². The van der Waals surface area contributed by atoms with Gasteiger partial charge in [-0.1, -0.05) is 11.3 Å². The number of nitro groups is 1. The molecule has 0 fully saturated rings. The highest BCUT2D eigenvalue weighted by Crippen LogP contribution is 2.39. The highest BCUT2D eigenvalue weighted by molar-refractivity contribution is 14.1. The predicted octanol–water partition coefficient (Wildman–Crippen LogP) is 3.62. The van der Waals surface area contributed by atoms with Gasteiger partial charge in [-0.05, 0) is 40.8 Å². The Morgan fingerprint density at radius 2 is 2.19 bits per heavy atom. The lowest BCUT2D eigenvalue weighted by molar-refractivity contribution is -0.385. The van der Waals surface area contributed by atoms with Crippen molar-refractivity contribution < 1.29 is 19.6 Å². The molecule has 0 aliphatic carbocycles. The van der Waals surface area contributed by atoms with Crippen molar-refractivity contribution in [2.24, 2.45) is 0 Å². The summed E-state index contributed by atoms with van der Waals surface area (Å²) in [7, 11) is 0. The van der Waals surface area contributed by atoms with Crippen LogP contribution in [0.2, 0.25) is 0 Å². The topological polar surface area (TPSA) is 113 Å². The first kappa shape index (κ1) is 15.2. The molecule has 0 aliphatic rings. The maximum absolute atomic E-state index is 11.1. The third kappa shape index (κ3) is 3.29. The van der Waals surface area contributed by atoms with Gasteiger partial charge in [0.05, 0.1) is 20.1 Å². The van der Waals surface area contributed by atoms with Gasteiger partial charge in [0, 0.05) is 6.07 Å². The number of ether oxygens (including phenoxy) is 1. The van der Waals surface area contributed by atoms with Gasteiger partial charge in [-0.3, -0.25) is 10.1 Å². The molecule has 0 spiro atoms. The number of nitriles is 1. The molecule has 106 valence electrons. The average Bonchev–Trinajstić information content (AvgIpc) is 2.89. The molecule has 9 heteroatoms. The van der Waals surface area contributed by atoms with Crippen LogP contribution in [0, 0.1) is 25.0 Å². The number of nitrogens with zero attached hydrogens (tertiary/aromatic N) is 2. The highest BCUT2D eigenvalue weighted by atomic mass is 127. The van der Waals surface area contributed by atoms with Crippen molar-refractivity contribution in [2.45, 2.75) is 0 Å². The van der Waals surface area contributed by atoms with E-state index in [1.807, 2.05) is 28.7 Å². The number of benzene rings is 1. The van der Waals surface area contributed by atoms with E-state index >= 15 is 0 Å². The smallest absolute Gasteiger partial charge is 0.345 e. The molecule has 21 heavy (non-hydrogen) atoms. The van der Waals surface area contributed by atoms with Gasteiger partial charge in [0.15, 0.2) is 5.06 Å². The Hall–Kier alpha value is -2.19. The lowest BCUT2D eigenvalue weighted by atomic mass is 10.2. The minimum absolute atomic E-state index is 0.0154. The summed E-state index contributed by atoms with van der Waals surface area (Å²) in [5, 5.41) is 29.0. The summed E-state index contributed by atoms with van der Waals surface area (Å²) in [4.78, 5) is 21.3. The molecule has 0 saturated heterocycles. The van der Waals surface area contributed by atoms with Crippen LogP contribution < -0.4 is 4.74 Å². The average molecular weight is 416 g/mol. The van der Waals surface area contributed by atoms with E-state index in [-0.39, 0.29) is 26.9 Å². The highest BCUT2D eigenvalue weighted by Gasteiger charge is 2.22. The number of rotatable bonds is 4. The van der Waals surface area contributed by atoms with Crippen molar-refractivity contribution in [2.75, 3.05) is 0 Å². The summed E-state index contributed by atoms with van der Waals surface area (Å²) in [6.07, 6.45) is 0. The van der Waals surface area contributed by atoms with Gasteiger partial charge >= 0.3 is 11.7 Å². The van der Waals surface area contributed by atoms with Crippen LogP contribution >= 0.6 is 33.9 Å². The SMILES string of the molecule is N#Cc1cc(I)c(Oc2ccc(C(=O)O)s2)c([N+](=O)[O-])c1. The van der Waals surface area contributed by atoms with Gasteiger partial charge in [-0.2, -0.15) is 5.26 Å². The lowest BCUT2D eigenvalue weighted by Crippen LogP contribution is -1.96. The number of hydrogen-bond donors (Lipinski definition) is 1. The fraction of sp³-hybridized carbons (Fsp3) is 0. The summed E-state index contributed by atoms with van der Waals surface area (Å²) < 4.78 is 5.82. The number of thiophene rings is 1. The molecule has 2 aromatic rings. The summed E-state index contributed by atoms with van der Waals surface area (Å²) in [5.41, 5.74) is -0.195. The molecule has 1 aromatic heterocycles. The molecule has 0 atom stereocenters. The first-order valence-corrected chi connectivity index (χ1v) is 7.21. The van der Waals surface area contributed by atoms with Crippen molar-refractivity contribution in [3.8, 4) is 16.9 Å². The first-order chi connectivity index (χ1) is 9.92. The minimum Gasteiger partial charge on any atom is -0.477 e. The first-order valence-electron chi connectivity index (χ1n) is 5.31. The zero-order valence-corrected chi connectivity index (χ0v) is 13.0. The molecular formula is C12H5IN2O5S. The monoisotopic (exact) mass is 416 g/mol. The molecule has 0 saturated carbocycles. The zero-order chi connectivity index (χ0) is 15.6. The Balaban J connectivity index is 2.45. The minimum atomic E-state index is -1.10. The number of aromatic carboxylic acids is 1. The molecule has 0 radical (unpaired) electrons. The van der Waals surface area contributed by atoms with E-state index in [0.717, 1.165) is 17.4 Å². The van der Waals surface area contributed by atoms with Crippen molar-refractivity contribution >= 4 is 45.6 Å². The van der Waals surface area contributed by atoms with E-state index in [2.05, 4.69) is 0 Å². The quantitative estimate of drug-likeness (QED) is 0.463. The van der Waals surface area contributed by atoms with E-state index in [0.29, 0.717) is 3.57 Å². The van der Waals surface area contributed by atoms with Crippen LogP contribution in [0.25, 0.3) is 0 Å². The summed E-state index contributed by atoms with van der Waals surface area (Å²) in [6.45, 7) is 0. The third-order valence-corrected chi connectivity index (χ3v) is 4.10. The Kier molecular flexibility index (Phi) is 4.39. The number of carbonyl (C=O) groups is 1. The molecule has 1 heterocycles. The number of carboxylic acids is 1. The number of hydrogen-bond acceptors (Lipinski definition) is 6. The Morgan fingerprint density at radius 3 is 2.71 bits per heavy atom. The van der Waals surface area contributed by atoms with Gasteiger partial charge in [-0.15, -0.1) is 0 Å². The van der Waals surface area contributed by atoms with Crippen LogP contribution in [-0.4, -0.2) is 16.0 Å². The van der Waals surface area contributed by atoms with E-state index in [1.165, 1.54) is 18.2 Å². The van der Waals surface area contributed by atoms with Gasteiger partial charge in [0.2, 0.25) is 5.75 Å². The fourth-order valence-electron chi connectivity index (χ4n) is 1.47. The van der Waals surface area contributed by atoms with Crippen molar-refractivity contribution in [1.82, 2.24) is 0 Å². The molecule has 0 amide bonds. The maximum atomic E-state index is 11.1. The second-order valence-electron chi connectivity index (χ2n) is 3.70. The van der Waals surface area contributed by atoms with Gasteiger partial charge < -0.3 is 9.84 Å². The molecule has 7 nitrogen and oxygen atoms in total. The van der Waals surface area contributed by atoms with Crippen molar-refractivity contribution in [1.29, 1.82) is 5.26 Å². The van der Waals surface area contributed by atoms with Crippen LogP contribution in [-0.2, 0) is 0 Å². The standard InChI is InChI=1S/C12H5IN2O5S/c13-7-3-6(5-14)4-8(15(18)19)11(7)20-10-2-1-9(21-10)12(16)17/h1-4H,(H,16,17). The van der Waals surface area contributed by atoms with Gasteiger partial charge in [0.1, 0.15) is 4.88 Å². The number of carboxylic acid groups (broad SMARTS) is 1. The van der Waals surface area contributed by atoms with Crippen LogP contribution in [0.5, 0.6) is 10.8 Å². The largest absolute Gasteiger partial charge is 0.477 e. The molecule has 1 N–H and O–H groups in total. The van der Waals surface area contributed by atoms with E-state index in [4.69, 9.17) is 15.1 Å². The van der Waals surface area contributed by atoms with Crippen LogP contribution in [0.3, 0.4) is 0 Å². The third-order valence-electron chi connectivity index (χ3n) is 2.34. The van der Waals surface area contributed by atoms with Crippen molar-refractivity contribution in [3.63, 3.8) is 0 Å². The molecule has 2 rings (SSSR count). The number of halogens is 1. The number of nitro benzene ring substituents is 1. The second-order valence-corrected chi connectivity index (χ2v) is 5.91. The van der Waals surface area contributed by atoms with Crippen LogP contribution in [0.1, 0.15) is 15.2 Å². The fourth-order valence-corrected chi connectivity index (χ4v) is 2.89. The molecule has 0 bridgehead atoms. The lowest BCUT2D eigenvalue weighted by Gasteiger charge is -2.06. The van der Waals surface area contributed by atoms with E-state index < -0.39 is 10.9 Å². The zero-order valence-electron chi connectivity index (χ0n) is 10.1.